The molecule has 3 aromatic rings. The molecule has 12 nitrogen and oxygen atoms in total. The monoisotopic (exact) mass is 644 g/mol. The first-order valence-corrected chi connectivity index (χ1v) is 15.2. The zero-order chi connectivity index (χ0) is 34.0. The quantitative estimate of drug-likeness (QED) is 0.205. The van der Waals surface area contributed by atoms with Gasteiger partial charge < -0.3 is 35.5 Å². The summed E-state index contributed by atoms with van der Waals surface area (Å²) < 4.78 is 16.1. The maximum absolute atomic E-state index is 13.3. The van der Waals surface area contributed by atoms with Crippen molar-refractivity contribution in [2.24, 2.45) is 0 Å². The minimum Gasteiger partial charge on any atom is -0.489 e. The first-order chi connectivity index (χ1) is 22.4. The van der Waals surface area contributed by atoms with Gasteiger partial charge in [-0.05, 0) is 62.1 Å². The summed E-state index contributed by atoms with van der Waals surface area (Å²) in [7, 11) is 1.18. The molecule has 4 amide bonds. The van der Waals surface area contributed by atoms with Crippen LogP contribution in [0.15, 0.2) is 78.9 Å². The highest BCUT2D eigenvalue weighted by Crippen LogP contribution is 2.35. The molecule has 0 saturated carbocycles. The minimum absolute atomic E-state index is 0.0386. The van der Waals surface area contributed by atoms with Gasteiger partial charge in [-0.1, -0.05) is 60.7 Å². The molecule has 1 unspecified atom stereocenters. The molecule has 3 aromatic carbocycles. The number of carbonyl (C=O) groups is 5. The van der Waals surface area contributed by atoms with Crippen molar-refractivity contribution < 1.29 is 38.2 Å². The van der Waals surface area contributed by atoms with E-state index in [2.05, 4.69) is 21.3 Å². The van der Waals surface area contributed by atoms with Crippen LogP contribution in [0.4, 0.5) is 10.5 Å². The van der Waals surface area contributed by atoms with Crippen LogP contribution in [0.25, 0.3) is 0 Å². The molecule has 0 aliphatic carbocycles. The molecule has 0 spiro atoms. The normalized spacial score (nSPS) is 14.9. The van der Waals surface area contributed by atoms with Crippen LogP contribution in [0.2, 0.25) is 0 Å². The van der Waals surface area contributed by atoms with Crippen molar-refractivity contribution in [3.63, 3.8) is 0 Å². The third-order valence-electron chi connectivity index (χ3n) is 7.25. The smallest absolute Gasteiger partial charge is 0.408 e. The summed E-state index contributed by atoms with van der Waals surface area (Å²) in [5, 5.41) is 10.4. The number of hydrogen-bond acceptors (Lipinski definition) is 8. The summed E-state index contributed by atoms with van der Waals surface area (Å²) in [6, 6.07) is 21.7. The number of amides is 4. The number of hydrogen-bond donors (Lipinski definition) is 4. The van der Waals surface area contributed by atoms with Gasteiger partial charge in [-0.3, -0.25) is 14.4 Å². The largest absolute Gasteiger partial charge is 0.489 e. The summed E-state index contributed by atoms with van der Waals surface area (Å²) in [5.74, 6) is -2.40. The van der Waals surface area contributed by atoms with Crippen molar-refractivity contribution in [1.29, 1.82) is 0 Å². The van der Waals surface area contributed by atoms with E-state index in [-0.39, 0.29) is 18.7 Å². The fraction of sp³-hybridized carbons (Fsp3) is 0.343. The van der Waals surface area contributed by atoms with Crippen molar-refractivity contribution in [2.45, 2.75) is 63.8 Å². The van der Waals surface area contributed by atoms with E-state index in [1.165, 1.54) is 7.11 Å². The number of anilines is 1. The number of alkyl carbamates (subject to hydrolysis) is 1. The molecule has 0 radical (unpaired) electrons. The van der Waals surface area contributed by atoms with Crippen LogP contribution in [0.5, 0.6) is 5.75 Å². The summed E-state index contributed by atoms with van der Waals surface area (Å²) in [5.41, 5.74) is 2.29. The SMILES string of the molecule is COC(=O)[C@H](CC1C(=O)Nc2ccccc21)NC(=O)CNC(=O)[C@H](Cc1ccc(OCc2ccccc2)cc1)NC(=O)OC(C)(C)C. The molecule has 0 bridgehead atoms. The fourth-order valence-electron chi connectivity index (χ4n) is 5.00. The molecular formula is C35H40N4O8. The Morgan fingerprint density at radius 2 is 1.53 bits per heavy atom. The second-order valence-electron chi connectivity index (χ2n) is 12.0. The van der Waals surface area contributed by atoms with E-state index in [0.717, 1.165) is 11.1 Å². The molecule has 0 fully saturated rings. The van der Waals surface area contributed by atoms with Crippen molar-refractivity contribution in [3.8, 4) is 5.75 Å². The van der Waals surface area contributed by atoms with E-state index in [9.17, 15) is 24.0 Å². The summed E-state index contributed by atoms with van der Waals surface area (Å²) in [6.07, 6.45) is -0.749. The van der Waals surface area contributed by atoms with Gasteiger partial charge in [-0.2, -0.15) is 0 Å². The van der Waals surface area contributed by atoms with Crippen molar-refractivity contribution in [1.82, 2.24) is 16.0 Å². The molecule has 47 heavy (non-hydrogen) atoms. The van der Waals surface area contributed by atoms with Crippen LogP contribution in [-0.2, 0) is 41.7 Å². The average Bonchev–Trinajstić information content (AvgIpc) is 3.36. The number of ether oxygens (including phenoxy) is 3. The van der Waals surface area contributed by atoms with Gasteiger partial charge in [0, 0.05) is 12.1 Å². The highest BCUT2D eigenvalue weighted by molar-refractivity contribution is 6.03. The van der Waals surface area contributed by atoms with Crippen LogP contribution in [0, 0.1) is 0 Å². The number of nitrogens with one attached hydrogen (secondary N) is 4. The molecule has 4 rings (SSSR count). The van der Waals surface area contributed by atoms with Crippen molar-refractivity contribution in [2.75, 3.05) is 19.0 Å². The standard InChI is InChI=1S/C35H40N4O8/c1-35(2,3)47-34(44)39-28(18-22-14-16-24(17-15-22)46-21-23-10-6-5-7-11-23)32(42)36-20-30(40)37-29(33(43)45-4)19-26-25-12-8-9-13-27(25)38-31(26)41/h5-17,26,28-29H,18-21H2,1-4H3,(H,36,42)(H,37,40)(H,38,41)(H,39,44)/t26?,28-,29-/m0/s1. The van der Waals surface area contributed by atoms with Gasteiger partial charge in [-0.15, -0.1) is 0 Å². The molecule has 1 heterocycles. The predicted octanol–water partition coefficient (Wildman–Crippen LogP) is 3.60. The van der Waals surface area contributed by atoms with E-state index in [1.54, 1.807) is 69.3 Å². The third kappa shape index (κ3) is 10.3. The Hall–Kier alpha value is -5.39. The minimum atomic E-state index is -1.15. The number of methoxy groups -OCH3 is 1. The number of carbonyl (C=O) groups excluding carboxylic acids is 5. The zero-order valence-electron chi connectivity index (χ0n) is 26.8. The van der Waals surface area contributed by atoms with Gasteiger partial charge in [0.05, 0.1) is 19.6 Å². The van der Waals surface area contributed by atoms with Crippen LogP contribution >= 0.6 is 0 Å². The third-order valence-corrected chi connectivity index (χ3v) is 7.25. The Bertz CT molecular complexity index is 1570. The molecule has 0 saturated heterocycles. The summed E-state index contributed by atoms with van der Waals surface area (Å²) >= 11 is 0. The van der Waals surface area contributed by atoms with Gasteiger partial charge >= 0.3 is 12.1 Å². The van der Waals surface area contributed by atoms with Gasteiger partial charge in [0.2, 0.25) is 17.7 Å². The first-order valence-electron chi connectivity index (χ1n) is 15.2. The topological polar surface area (TPSA) is 161 Å². The highest BCUT2D eigenvalue weighted by atomic mass is 16.6. The maximum Gasteiger partial charge on any atom is 0.408 e. The number of para-hydroxylation sites is 1. The van der Waals surface area contributed by atoms with Gasteiger partial charge in [-0.25, -0.2) is 9.59 Å². The second kappa shape index (κ2) is 15.7. The van der Waals surface area contributed by atoms with Crippen molar-refractivity contribution >= 4 is 35.5 Å². The molecule has 3 atom stereocenters. The van der Waals surface area contributed by atoms with E-state index in [4.69, 9.17) is 14.2 Å². The lowest BCUT2D eigenvalue weighted by molar-refractivity contribution is -0.145. The molecule has 248 valence electrons. The second-order valence-corrected chi connectivity index (χ2v) is 12.0. The molecule has 1 aliphatic heterocycles. The Kier molecular flexibility index (Phi) is 11.6. The van der Waals surface area contributed by atoms with E-state index >= 15 is 0 Å². The van der Waals surface area contributed by atoms with Gasteiger partial charge in [0.25, 0.3) is 0 Å². The summed E-state index contributed by atoms with van der Waals surface area (Å²) in [4.78, 5) is 64.0. The lowest BCUT2D eigenvalue weighted by atomic mass is 9.93. The van der Waals surface area contributed by atoms with Crippen LogP contribution in [0.1, 0.15) is 49.8 Å². The molecule has 4 N–H and O–H groups in total. The van der Waals surface area contributed by atoms with Crippen molar-refractivity contribution in [3.05, 3.63) is 95.6 Å². The molecule has 1 aliphatic rings. The number of rotatable bonds is 13. The lowest BCUT2D eigenvalue weighted by Crippen LogP contribution is -2.52. The van der Waals surface area contributed by atoms with Crippen LogP contribution in [-0.4, -0.2) is 61.1 Å². The van der Waals surface area contributed by atoms with E-state index in [0.29, 0.717) is 23.6 Å². The Balaban J connectivity index is 1.37. The van der Waals surface area contributed by atoms with E-state index < -0.39 is 54.0 Å². The van der Waals surface area contributed by atoms with Gasteiger partial charge in [0.15, 0.2) is 0 Å². The highest BCUT2D eigenvalue weighted by Gasteiger charge is 2.35. The number of esters is 1. The Labute approximate surface area is 273 Å². The summed E-state index contributed by atoms with van der Waals surface area (Å²) in [6.45, 7) is 4.99. The maximum atomic E-state index is 13.3. The average molecular weight is 645 g/mol. The molecule has 0 aromatic heterocycles. The molecular weight excluding hydrogens is 604 g/mol. The van der Waals surface area contributed by atoms with Crippen LogP contribution < -0.4 is 26.0 Å². The molecule has 12 heteroatoms. The fourth-order valence-corrected chi connectivity index (χ4v) is 5.00. The Morgan fingerprint density at radius 1 is 0.851 bits per heavy atom. The van der Waals surface area contributed by atoms with Crippen LogP contribution in [0.3, 0.4) is 0 Å². The number of benzene rings is 3. The zero-order valence-corrected chi connectivity index (χ0v) is 26.8. The lowest BCUT2D eigenvalue weighted by Gasteiger charge is -2.24. The Morgan fingerprint density at radius 3 is 2.21 bits per heavy atom. The first kappa shape index (κ1) is 34.5. The van der Waals surface area contributed by atoms with Gasteiger partial charge in [0.1, 0.15) is 30.0 Å². The van der Waals surface area contributed by atoms with E-state index in [1.807, 2.05) is 30.3 Å². The number of fused-ring (bicyclic) bond motifs is 1. The predicted molar refractivity (Wildman–Crippen MR) is 173 cm³/mol.